The molecule has 2 nitrogen and oxygen atoms in total. The quantitative estimate of drug-likeness (QED) is 0.419. The number of rotatable bonds is 4. The molecule has 0 atom stereocenters. The second-order valence-corrected chi connectivity index (χ2v) is 3.05. The molecule has 0 saturated heterocycles. The maximum Gasteiger partial charge on any atom is 0.350 e. The molecule has 68 valence electrons. The highest BCUT2D eigenvalue weighted by atomic mass is 32.2. The van der Waals surface area contributed by atoms with E-state index in [0.717, 1.165) is 12.0 Å². The molecule has 1 rings (SSSR count). The Bertz CT molecular complexity index is 282. The van der Waals surface area contributed by atoms with Gasteiger partial charge < -0.3 is 4.18 Å². The summed E-state index contributed by atoms with van der Waals surface area (Å²) in [6.07, 6.45) is 1.68. The van der Waals surface area contributed by atoms with Crippen LogP contribution in [0.5, 0.6) is 0 Å². The molecule has 0 aliphatic heterocycles. The number of hydrogen-bond acceptors (Lipinski definition) is 3. The van der Waals surface area contributed by atoms with Gasteiger partial charge in [-0.05, 0) is 12.1 Å². The van der Waals surface area contributed by atoms with Crippen LogP contribution in [0.25, 0.3) is 0 Å². The van der Waals surface area contributed by atoms with Crippen LogP contribution in [-0.2, 0) is 4.18 Å². The molecule has 0 heterocycles. The molecule has 0 aromatic heterocycles. The summed E-state index contributed by atoms with van der Waals surface area (Å²) < 4.78 is 4.87. The van der Waals surface area contributed by atoms with E-state index >= 15 is 0 Å². The Balaban J connectivity index is 2.45. The van der Waals surface area contributed by atoms with Crippen LogP contribution < -0.4 is 0 Å². The SMILES string of the molecule is C=CCSOC(=O)c1ccccc1. The van der Waals surface area contributed by atoms with Gasteiger partial charge in [-0.15, -0.1) is 6.58 Å². The fourth-order valence-corrected chi connectivity index (χ4v) is 1.13. The molecule has 1 aromatic rings. The lowest BCUT2D eigenvalue weighted by Gasteiger charge is -1.99. The van der Waals surface area contributed by atoms with E-state index in [2.05, 4.69) is 6.58 Å². The summed E-state index contributed by atoms with van der Waals surface area (Å²) in [5, 5.41) is 0. The van der Waals surface area contributed by atoms with Gasteiger partial charge in [-0.25, -0.2) is 4.79 Å². The minimum Gasteiger partial charge on any atom is -0.387 e. The first-order valence-electron chi connectivity index (χ1n) is 3.84. The third-order valence-corrected chi connectivity index (χ3v) is 1.97. The van der Waals surface area contributed by atoms with Crippen LogP contribution in [0, 0.1) is 0 Å². The van der Waals surface area contributed by atoms with Crippen LogP contribution >= 0.6 is 12.0 Å². The molecule has 0 radical (unpaired) electrons. The van der Waals surface area contributed by atoms with Crippen molar-refractivity contribution < 1.29 is 8.98 Å². The van der Waals surface area contributed by atoms with Crippen molar-refractivity contribution in [3.63, 3.8) is 0 Å². The van der Waals surface area contributed by atoms with Gasteiger partial charge in [-0.2, -0.15) is 0 Å². The predicted octanol–water partition coefficient (Wildman–Crippen LogP) is 2.68. The van der Waals surface area contributed by atoms with Gasteiger partial charge in [0.25, 0.3) is 0 Å². The second kappa shape index (κ2) is 5.43. The Hall–Kier alpha value is -1.22. The summed E-state index contributed by atoms with van der Waals surface area (Å²) in [6, 6.07) is 8.89. The van der Waals surface area contributed by atoms with Crippen LogP contribution in [0.2, 0.25) is 0 Å². The lowest BCUT2D eigenvalue weighted by atomic mass is 10.2. The molecule has 0 aliphatic rings. The van der Waals surface area contributed by atoms with Crippen molar-refractivity contribution in [3.8, 4) is 0 Å². The maximum absolute atomic E-state index is 11.2. The van der Waals surface area contributed by atoms with Crippen molar-refractivity contribution in [2.45, 2.75) is 0 Å². The van der Waals surface area contributed by atoms with Crippen LogP contribution in [0.1, 0.15) is 10.4 Å². The largest absolute Gasteiger partial charge is 0.387 e. The first kappa shape index (κ1) is 9.86. The monoisotopic (exact) mass is 194 g/mol. The molecule has 0 unspecified atom stereocenters. The molecule has 0 amide bonds. The molecular weight excluding hydrogens is 184 g/mol. The maximum atomic E-state index is 11.2. The third kappa shape index (κ3) is 3.34. The smallest absolute Gasteiger partial charge is 0.350 e. The van der Waals surface area contributed by atoms with E-state index in [9.17, 15) is 4.79 Å². The van der Waals surface area contributed by atoms with Crippen molar-refractivity contribution in [1.29, 1.82) is 0 Å². The van der Waals surface area contributed by atoms with Crippen molar-refractivity contribution in [3.05, 3.63) is 48.6 Å². The summed E-state index contributed by atoms with van der Waals surface area (Å²) in [5.41, 5.74) is 0.569. The highest BCUT2D eigenvalue weighted by Gasteiger charge is 2.04. The lowest BCUT2D eigenvalue weighted by Crippen LogP contribution is -1.99. The molecule has 13 heavy (non-hydrogen) atoms. The van der Waals surface area contributed by atoms with Gasteiger partial charge in [0.2, 0.25) is 0 Å². The normalized spacial score (nSPS) is 9.23. The second-order valence-electron chi connectivity index (χ2n) is 2.31. The van der Waals surface area contributed by atoms with Crippen LogP contribution in [0.4, 0.5) is 0 Å². The Kier molecular flexibility index (Phi) is 4.12. The zero-order valence-corrected chi connectivity index (χ0v) is 7.92. The van der Waals surface area contributed by atoms with Gasteiger partial charge in [0.15, 0.2) is 0 Å². The van der Waals surface area contributed by atoms with Crippen molar-refractivity contribution in [2.75, 3.05) is 5.75 Å². The highest BCUT2D eigenvalue weighted by Crippen LogP contribution is 2.08. The summed E-state index contributed by atoms with van der Waals surface area (Å²) in [5.74, 6) is 0.297. The molecule has 0 N–H and O–H groups in total. The fraction of sp³-hybridized carbons (Fsp3) is 0.100. The van der Waals surface area contributed by atoms with E-state index in [-0.39, 0.29) is 5.97 Å². The zero-order chi connectivity index (χ0) is 9.52. The average molecular weight is 194 g/mol. The highest BCUT2D eigenvalue weighted by molar-refractivity contribution is 7.95. The number of hydrogen-bond donors (Lipinski definition) is 0. The molecule has 0 fully saturated rings. The summed E-state index contributed by atoms with van der Waals surface area (Å²) in [4.78, 5) is 11.2. The minimum absolute atomic E-state index is 0.313. The molecule has 0 saturated carbocycles. The Morgan fingerprint density at radius 2 is 2.15 bits per heavy atom. The molecule has 1 aromatic carbocycles. The van der Waals surface area contributed by atoms with Crippen molar-refractivity contribution >= 4 is 18.0 Å². The van der Waals surface area contributed by atoms with Crippen molar-refractivity contribution in [2.24, 2.45) is 0 Å². The van der Waals surface area contributed by atoms with Crippen molar-refractivity contribution in [1.82, 2.24) is 0 Å². The van der Waals surface area contributed by atoms with E-state index in [1.807, 2.05) is 6.07 Å². The molecule has 3 heteroatoms. The van der Waals surface area contributed by atoms with Gasteiger partial charge in [-0.1, -0.05) is 24.3 Å². The van der Waals surface area contributed by atoms with Crippen LogP contribution in [0.3, 0.4) is 0 Å². The van der Waals surface area contributed by atoms with Gasteiger partial charge in [-0.3, -0.25) is 0 Å². The fourth-order valence-electron chi connectivity index (χ4n) is 0.758. The summed E-state index contributed by atoms with van der Waals surface area (Å²) in [7, 11) is 0. The molecule has 0 bridgehead atoms. The first-order chi connectivity index (χ1) is 6.34. The summed E-state index contributed by atoms with van der Waals surface area (Å²) >= 11 is 1.09. The Labute approximate surface area is 81.8 Å². The third-order valence-electron chi connectivity index (χ3n) is 1.33. The molecular formula is C10H10O2S. The summed E-state index contributed by atoms with van der Waals surface area (Å²) in [6.45, 7) is 3.52. The van der Waals surface area contributed by atoms with Gasteiger partial charge in [0.05, 0.1) is 17.6 Å². The van der Waals surface area contributed by atoms with E-state index < -0.39 is 0 Å². The zero-order valence-electron chi connectivity index (χ0n) is 7.10. The Morgan fingerprint density at radius 3 is 2.77 bits per heavy atom. The standard InChI is InChI=1S/C10H10O2S/c1-2-8-13-12-10(11)9-6-4-3-5-7-9/h2-7H,1,8H2. The topological polar surface area (TPSA) is 26.3 Å². The lowest BCUT2D eigenvalue weighted by molar-refractivity contribution is 0.0768. The van der Waals surface area contributed by atoms with Crippen LogP contribution in [-0.4, -0.2) is 11.7 Å². The van der Waals surface area contributed by atoms with E-state index in [1.165, 1.54) is 0 Å². The average Bonchev–Trinajstić information content (AvgIpc) is 2.19. The van der Waals surface area contributed by atoms with Gasteiger partial charge >= 0.3 is 5.97 Å². The Morgan fingerprint density at radius 1 is 1.46 bits per heavy atom. The number of benzene rings is 1. The predicted molar refractivity (Wildman–Crippen MR) is 54.5 cm³/mol. The van der Waals surface area contributed by atoms with Gasteiger partial charge in [0, 0.05) is 5.75 Å². The molecule has 0 aliphatic carbocycles. The number of carbonyl (C=O) groups excluding carboxylic acids is 1. The minimum atomic E-state index is -0.313. The first-order valence-corrected chi connectivity index (χ1v) is 4.75. The van der Waals surface area contributed by atoms with Gasteiger partial charge in [0.1, 0.15) is 0 Å². The number of carbonyl (C=O) groups is 1. The van der Waals surface area contributed by atoms with E-state index in [4.69, 9.17) is 4.18 Å². The van der Waals surface area contributed by atoms with E-state index in [1.54, 1.807) is 30.3 Å². The van der Waals surface area contributed by atoms with Crippen LogP contribution in [0.15, 0.2) is 43.0 Å². The molecule has 0 spiro atoms. The van der Waals surface area contributed by atoms with E-state index in [0.29, 0.717) is 11.3 Å².